The molecule has 1 aromatic heterocycles. The summed E-state index contributed by atoms with van der Waals surface area (Å²) in [6.45, 7) is 1.61. The van der Waals surface area contributed by atoms with E-state index >= 15 is 0 Å². The second-order valence-corrected chi connectivity index (χ2v) is 3.48. The minimum absolute atomic E-state index is 0.0551. The molecule has 0 N–H and O–H groups in total. The highest BCUT2D eigenvalue weighted by molar-refractivity contribution is 6.17. The first-order valence-corrected chi connectivity index (χ1v) is 5.09. The van der Waals surface area contributed by atoms with E-state index in [1.54, 1.807) is 13.0 Å². The van der Waals surface area contributed by atoms with Crippen molar-refractivity contribution < 1.29 is 17.9 Å². The van der Waals surface area contributed by atoms with Gasteiger partial charge in [-0.1, -0.05) is 0 Å². The largest absolute Gasteiger partial charge is 0.573 e. The Hall–Kier alpha value is -1.48. The molecule has 92 valence electrons. The maximum Gasteiger partial charge on any atom is 0.573 e. The smallest absolute Gasteiger partial charge is 0.403 e. The molecule has 0 radical (unpaired) electrons. The Bertz CT molecular complexity index is 454. The van der Waals surface area contributed by atoms with Crippen LogP contribution < -0.4 is 4.74 Å². The van der Waals surface area contributed by atoms with Crippen LogP contribution in [0.15, 0.2) is 6.07 Å². The summed E-state index contributed by atoms with van der Waals surface area (Å²) in [6.07, 6.45) is -5.10. The van der Waals surface area contributed by atoms with E-state index in [1.807, 2.05) is 0 Å². The van der Waals surface area contributed by atoms with Crippen molar-refractivity contribution in [1.82, 2.24) is 4.98 Å². The molecule has 3 nitrogen and oxygen atoms in total. The summed E-state index contributed by atoms with van der Waals surface area (Å²) >= 11 is 5.55. The van der Waals surface area contributed by atoms with Gasteiger partial charge in [0.15, 0.2) is 5.75 Å². The van der Waals surface area contributed by atoms with E-state index in [0.717, 1.165) is 0 Å². The van der Waals surface area contributed by atoms with Crippen LogP contribution in [0, 0.1) is 18.3 Å². The van der Waals surface area contributed by atoms with E-state index in [2.05, 4.69) is 9.72 Å². The zero-order chi connectivity index (χ0) is 13.1. The van der Waals surface area contributed by atoms with Gasteiger partial charge in [-0.2, -0.15) is 5.26 Å². The third kappa shape index (κ3) is 3.79. The van der Waals surface area contributed by atoms with Crippen molar-refractivity contribution in [2.24, 2.45) is 0 Å². The molecule has 0 aliphatic rings. The fourth-order valence-corrected chi connectivity index (χ4v) is 1.53. The van der Waals surface area contributed by atoms with Gasteiger partial charge < -0.3 is 4.74 Å². The number of aromatic nitrogens is 1. The molecule has 1 rings (SSSR count). The van der Waals surface area contributed by atoms with Crippen molar-refractivity contribution in [2.45, 2.75) is 25.6 Å². The van der Waals surface area contributed by atoms with Crippen LogP contribution in [0.25, 0.3) is 0 Å². The van der Waals surface area contributed by atoms with Gasteiger partial charge in [-0.05, 0) is 13.0 Å². The molecule has 1 aromatic rings. The zero-order valence-electron chi connectivity index (χ0n) is 8.81. The molecule has 0 bridgehead atoms. The van der Waals surface area contributed by atoms with Crippen molar-refractivity contribution in [3.63, 3.8) is 0 Å². The number of hydrogen-bond donors (Lipinski definition) is 0. The molecule has 0 unspecified atom stereocenters. The van der Waals surface area contributed by atoms with Crippen LogP contribution in [0.1, 0.15) is 17.0 Å². The highest BCUT2D eigenvalue weighted by atomic mass is 35.5. The van der Waals surface area contributed by atoms with Crippen molar-refractivity contribution in [2.75, 3.05) is 0 Å². The van der Waals surface area contributed by atoms with Gasteiger partial charge in [-0.15, -0.1) is 24.8 Å². The third-order valence-corrected chi connectivity index (χ3v) is 2.14. The molecule has 0 aliphatic carbocycles. The summed E-state index contributed by atoms with van der Waals surface area (Å²) in [6, 6.07) is 3.13. The van der Waals surface area contributed by atoms with Crippen LogP contribution in [0.3, 0.4) is 0 Å². The number of hydrogen-bond acceptors (Lipinski definition) is 3. The van der Waals surface area contributed by atoms with Crippen LogP contribution in [0.4, 0.5) is 13.2 Å². The van der Waals surface area contributed by atoms with Gasteiger partial charge in [0.1, 0.15) is 0 Å². The average Bonchev–Trinajstić information content (AvgIpc) is 2.20. The number of alkyl halides is 4. The lowest BCUT2D eigenvalue weighted by atomic mass is 10.1. The van der Waals surface area contributed by atoms with Gasteiger partial charge in [0, 0.05) is 11.3 Å². The summed E-state index contributed by atoms with van der Waals surface area (Å²) in [5.41, 5.74) is 0.600. The van der Waals surface area contributed by atoms with Crippen LogP contribution in [-0.2, 0) is 12.3 Å². The van der Waals surface area contributed by atoms with E-state index in [4.69, 9.17) is 16.9 Å². The Balaban J connectivity index is 3.27. The summed E-state index contributed by atoms with van der Waals surface area (Å²) in [5, 5.41) is 8.54. The fraction of sp³-hybridized carbons (Fsp3) is 0.400. The first-order chi connectivity index (χ1) is 7.87. The van der Waals surface area contributed by atoms with Crippen LogP contribution in [0.2, 0.25) is 0 Å². The minimum atomic E-state index is -4.83. The predicted octanol–water partition coefficient (Wildman–Crippen LogP) is 3.09. The Kier molecular flexibility index (Phi) is 4.18. The number of nitrogens with zero attached hydrogens (tertiary/aromatic N) is 2. The zero-order valence-corrected chi connectivity index (χ0v) is 9.56. The first-order valence-electron chi connectivity index (χ1n) is 4.55. The number of aryl methyl sites for hydroxylation is 1. The van der Waals surface area contributed by atoms with Gasteiger partial charge in [0.25, 0.3) is 0 Å². The highest BCUT2D eigenvalue weighted by Gasteiger charge is 2.33. The van der Waals surface area contributed by atoms with Crippen molar-refractivity contribution in [3.8, 4) is 11.8 Å². The van der Waals surface area contributed by atoms with Crippen molar-refractivity contribution in [1.29, 1.82) is 5.26 Å². The van der Waals surface area contributed by atoms with Gasteiger partial charge >= 0.3 is 6.36 Å². The lowest BCUT2D eigenvalue weighted by Crippen LogP contribution is -2.19. The van der Waals surface area contributed by atoms with E-state index in [1.165, 1.54) is 6.07 Å². The van der Waals surface area contributed by atoms with Gasteiger partial charge in [-0.3, -0.25) is 4.98 Å². The topological polar surface area (TPSA) is 45.9 Å². The SMILES string of the molecule is Cc1cc(CCl)c(OC(F)(F)F)c(CC#N)n1. The maximum atomic E-state index is 12.2. The highest BCUT2D eigenvalue weighted by Crippen LogP contribution is 2.31. The van der Waals surface area contributed by atoms with E-state index in [9.17, 15) is 13.2 Å². The molecule has 0 aromatic carbocycles. The minimum Gasteiger partial charge on any atom is -0.403 e. The van der Waals surface area contributed by atoms with Crippen LogP contribution >= 0.6 is 11.6 Å². The Morgan fingerprint density at radius 2 is 2.18 bits per heavy atom. The molecule has 0 spiro atoms. The summed E-state index contributed by atoms with van der Waals surface area (Å²) in [7, 11) is 0. The maximum absolute atomic E-state index is 12.2. The number of pyridine rings is 1. The predicted molar refractivity (Wildman–Crippen MR) is 54.5 cm³/mol. The second kappa shape index (κ2) is 5.23. The Morgan fingerprint density at radius 3 is 2.65 bits per heavy atom. The molecule has 0 fully saturated rings. The van der Waals surface area contributed by atoms with E-state index in [0.29, 0.717) is 5.69 Å². The summed E-state index contributed by atoms with van der Waals surface area (Å²) < 4.78 is 40.5. The molecule has 0 saturated heterocycles. The average molecular weight is 265 g/mol. The standard InChI is InChI=1S/C10H8ClF3N2O/c1-6-4-7(5-11)9(17-10(12,13)14)8(16-6)2-3-15/h4H,2,5H2,1H3. The molecular weight excluding hydrogens is 257 g/mol. The molecule has 0 saturated carbocycles. The monoisotopic (exact) mass is 264 g/mol. The first kappa shape index (κ1) is 13.6. The third-order valence-electron chi connectivity index (χ3n) is 1.86. The number of nitriles is 1. The second-order valence-electron chi connectivity index (χ2n) is 3.21. The van der Waals surface area contributed by atoms with Crippen molar-refractivity contribution >= 4 is 11.6 Å². The molecule has 0 atom stereocenters. The Morgan fingerprint density at radius 1 is 1.53 bits per heavy atom. The van der Waals surface area contributed by atoms with Crippen molar-refractivity contribution in [3.05, 3.63) is 23.0 Å². The molecular formula is C10H8ClF3N2O. The van der Waals surface area contributed by atoms with Gasteiger partial charge in [-0.25, -0.2) is 0 Å². The summed E-state index contributed by atoms with van der Waals surface area (Å²) in [4.78, 5) is 3.85. The lowest BCUT2D eigenvalue weighted by Gasteiger charge is -2.15. The molecule has 17 heavy (non-hydrogen) atoms. The van der Waals surface area contributed by atoms with Gasteiger partial charge in [0.2, 0.25) is 0 Å². The fourth-order valence-electron chi connectivity index (χ4n) is 1.33. The molecule has 7 heteroatoms. The Labute approximate surface area is 101 Å². The number of rotatable bonds is 3. The van der Waals surface area contributed by atoms with Crippen LogP contribution in [-0.4, -0.2) is 11.3 Å². The van der Waals surface area contributed by atoms with Gasteiger partial charge in [0.05, 0.1) is 24.1 Å². The number of halogens is 4. The summed E-state index contributed by atoms with van der Waals surface area (Å²) in [5.74, 6) is -0.618. The quantitative estimate of drug-likeness (QED) is 0.788. The molecule has 0 amide bonds. The van der Waals surface area contributed by atoms with E-state index in [-0.39, 0.29) is 23.6 Å². The van der Waals surface area contributed by atoms with E-state index < -0.39 is 12.1 Å². The molecule has 0 aliphatic heterocycles. The normalized spacial score (nSPS) is 11.1. The van der Waals surface area contributed by atoms with Crippen LogP contribution in [0.5, 0.6) is 5.75 Å². The number of ether oxygens (including phenoxy) is 1. The lowest BCUT2D eigenvalue weighted by molar-refractivity contribution is -0.275. The molecule has 1 heterocycles.